The Morgan fingerprint density at radius 2 is 1.73 bits per heavy atom. The number of rotatable bonds is 12. The van der Waals surface area contributed by atoms with E-state index in [-0.39, 0.29) is 35.7 Å². The van der Waals surface area contributed by atoms with E-state index in [0.29, 0.717) is 18.9 Å². The van der Waals surface area contributed by atoms with Crippen LogP contribution in [0.2, 0.25) is 0 Å². The second kappa shape index (κ2) is 14.1. The highest BCUT2D eigenvalue weighted by Crippen LogP contribution is 2.25. The Kier molecular flexibility index (Phi) is 13.5. The summed E-state index contributed by atoms with van der Waals surface area (Å²) < 4.78 is 0. The molecular weight excluding hydrogens is 396 g/mol. The first-order chi connectivity index (χ1) is 13.6. The number of amides is 1. The van der Waals surface area contributed by atoms with Crippen molar-refractivity contribution in [3.05, 3.63) is 35.4 Å². The maximum absolute atomic E-state index is 12.1. The van der Waals surface area contributed by atoms with Crippen molar-refractivity contribution >= 4 is 18.3 Å². The van der Waals surface area contributed by atoms with Gasteiger partial charge < -0.3 is 16.2 Å². The largest absolute Gasteiger partial charge is 0.391 e. The van der Waals surface area contributed by atoms with Crippen molar-refractivity contribution in [3.8, 4) is 0 Å². The van der Waals surface area contributed by atoms with Crippen LogP contribution in [0, 0.1) is 11.8 Å². The predicted octanol–water partition coefficient (Wildman–Crippen LogP) is 5.00. The minimum absolute atomic E-state index is 0. The number of aliphatic hydroxyl groups excluding tert-OH is 1. The van der Waals surface area contributed by atoms with Gasteiger partial charge in [-0.25, -0.2) is 0 Å². The fraction of sp³-hybridized carbons (Fsp3) is 0.720. The highest BCUT2D eigenvalue weighted by atomic mass is 35.5. The van der Waals surface area contributed by atoms with Crippen molar-refractivity contribution in [3.63, 3.8) is 0 Å². The number of nitrogens with one attached hydrogen (secondary N) is 1. The van der Waals surface area contributed by atoms with E-state index < -0.39 is 6.10 Å². The average Bonchev–Trinajstić information content (AvgIpc) is 2.66. The van der Waals surface area contributed by atoms with Crippen molar-refractivity contribution < 1.29 is 9.90 Å². The molecule has 174 valence electrons. The molecule has 0 aliphatic carbocycles. The van der Waals surface area contributed by atoms with Gasteiger partial charge in [-0.15, -0.1) is 12.4 Å². The summed E-state index contributed by atoms with van der Waals surface area (Å²) in [6, 6.07) is 8.56. The number of hydrogen-bond donors (Lipinski definition) is 3. The number of benzene rings is 1. The number of unbranched alkanes of at least 4 members (excludes halogenated alkanes) is 1. The molecule has 1 amide bonds. The third kappa shape index (κ3) is 10.3. The molecule has 1 rings (SSSR count). The van der Waals surface area contributed by atoms with Gasteiger partial charge in [0, 0.05) is 18.5 Å². The Morgan fingerprint density at radius 1 is 1.13 bits per heavy atom. The Hall–Kier alpha value is -1.10. The molecule has 0 spiro atoms. The molecule has 4 atom stereocenters. The Bertz CT molecular complexity index is 598. The SMILES string of the molecule is CCCCNC(=O)C(C)C[C@H](O)[C@@H](N)C[C@@H](CC)Cc1ccc(C(C)(C)C)cc1.Cl. The number of hydrogen-bond acceptors (Lipinski definition) is 3. The van der Waals surface area contributed by atoms with Gasteiger partial charge in [0.1, 0.15) is 0 Å². The molecular formula is C25H45ClN2O2. The van der Waals surface area contributed by atoms with E-state index in [0.717, 1.165) is 32.1 Å². The van der Waals surface area contributed by atoms with Gasteiger partial charge in [-0.2, -0.15) is 0 Å². The summed E-state index contributed by atoms with van der Waals surface area (Å²) >= 11 is 0. The van der Waals surface area contributed by atoms with Gasteiger partial charge in [0.2, 0.25) is 5.91 Å². The van der Waals surface area contributed by atoms with Crippen molar-refractivity contribution in [1.29, 1.82) is 0 Å². The van der Waals surface area contributed by atoms with Crippen molar-refractivity contribution in [2.24, 2.45) is 17.6 Å². The van der Waals surface area contributed by atoms with Gasteiger partial charge in [-0.3, -0.25) is 4.79 Å². The Morgan fingerprint density at radius 3 is 2.23 bits per heavy atom. The van der Waals surface area contributed by atoms with E-state index in [4.69, 9.17) is 5.73 Å². The fourth-order valence-electron chi connectivity index (χ4n) is 3.62. The second-order valence-corrected chi connectivity index (χ2v) is 9.67. The van der Waals surface area contributed by atoms with E-state index in [1.165, 1.54) is 11.1 Å². The summed E-state index contributed by atoms with van der Waals surface area (Å²) in [4.78, 5) is 12.1. The number of nitrogens with two attached hydrogens (primary N) is 1. The van der Waals surface area contributed by atoms with Crippen molar-refractivity contribution in [2.45, 2.75) is 97.6 Å². The lowest BCUT2D eigenvalue weighted by Gasteiger charge is -2.26. The molecule has 5 heteroatoms. The maximum Gasteiger partial charge on any atom is 0.222 e. The molecule has 0 radical (unpaired) electrons. The standard InChI is InChI=1S/C25H44N2O2.ClH/c1-7-9-14-27-24(29)18(3)15-23(28)22(26)17-19(8-2)16-20-10-12-21(13-11-20)25(4,5)6;/h10-13,18-19,22-23,28H,7-9,14-17,26H2,1-6H3,(H,27,29);1H/t18?,19-,22-,23-;/m0./s1. The zero-order valence-electron chi connectivity index (χ0n) is 19.9. The summed E-state index contributed by atoms with van der Waals surface area (Å²) in [6.07, 6.45) is 4.55. The highest BCUT2D eigenvalue weighted by molar-refractivity contribution is 5.85. The van der Waals surface area contributed by atoms with E-state index >= 15 is 0 Å². The monoisotopic (exact) mass is 440 g/mol. The predicted molar refractivity (Wildman–Crippen MR) is 130 cm³/mol. The normalized spacial score (nSPS) is 15.6. The number of carbonyl (C=O) groups excluding carboxylic acids is 1. The quantitative estimate of drug-likeness (QED) is 0.400. The molecule has 0 bridgehead atoms. The first kappa shape index (κ1) is 28.9. The Labute approximate surface area is 190 Å². The minimum atomic E-state index is -0.653. The van der Waals surface area contributed by atoms with Crippen LogP contribution in [0.5, 0.6) is 0 Å². The van der Waals surface area contributed by atoms with Gasteiger partial charge in [0.05, 0.1) is 6.10 Å². The number of carbonyl (C=O) groups is 1. The lowest BCUT2D eigenvalue weighted by atomic mass is 9.84. The summed E-state index contributed by atoms with van der Waals surface area (Å²) in [6.45, 7) is 13.5. The van der Waals surface area contributed by atoms with Gasteiger partial charge >= 0.3 is 0 Å². The molecule has 30 heavy (non-hydrogen) atoms. The number of aliphatic hydroxyl groups is 1. The number of halogens is 1. The molecule has 0 aromatic heterocycles. The van der Waals surface area contributed by atoms with E-state index in [2.05, 4.69) is 64.2 Å². The average molecular weight is 441 g/mol. The second-order valence-electron chi connectivity index (χ2n) is 9.67. The smallest absolute Gasteiger partial charge is 0.222 e. The third-order valence-electron chi connectivity index (χ3n) is 5.89. The van der Waals surface area contributed by atoms with Gasteiger partial charge in [0.15, 0.2) is 0 Å². The molecule has 0 aliphatic heterocycles. The van der Waals surface area contributed by atoms with Gasteiger partial charge in [-0.05, 0) is 48.1 Å². The van der Waals surface area contributed by atoms with Crippen molar-refractivity contribution in [1.82, 2.24) is 5.32 Å². The molecule has 1 aromatic rings. The molecule has 0 fully saturated rings. The lowest BCUT2D eigenvalue weighted by Crippen LogP contribution is -2.40. The molecule has 4 nitrogen and oxygen atoms in total. The van der Waals surface area contributed by atoms with Crippen LogP contribution in [0.15, 0.2) is 24.3 Å². The minimum Gasteiger partial charge on any atom is -0.391 e. The molecule has 1 unspecified atom stereocenters. The third-order valence-corrected chi connectivity index (χ3v) is 5.89. The van der Waals surface area contributed by atoms with Crippen LogP contribution >= 0.6 is 12.4 Å². The van der Waals surface area contributed by atoms with Crippen LogP contribution in [-0.4, -0.2) is 29.7 Å². The van der Waals surface area contributed by atoms with E-state index in [1.807, 2.05) is 6.92 Å². The molecule has 0 saturated carbocycles. The summed E-state index contributed by atoms with van der Waals surface area (Å²) in [7, 11) is 0. The molecule has 0 heterocycles. The summed E-state index contributed by atoms with van der Waals surface area (Å²) in [5.41, 5.74) is 9.13. The van der Waals surface area contributed by atoms with Crippen LogP contribution in [0.1, 0.15) is 84.8 Å². The van der Waals surface area contributed by atoms with Crippen LogP contribution in [-0.2, 0) is 16.6 Å². The first-order valence-corrected chi connectivity index (χ1v) is 11.4. The molecule has 0 saturated heterocycles. The molecule has 1 aromatic carbocycles. The summed E-state index contributed by atoms with van der Waals surface area (Å²) in [5.74, 6) is 0.211. The fourth-order valence-corrected chi connectivity index (χ4v) is 3.62. The van der Waals surface area contributed by atoms with Crippen LogP contribution in [0.4, 0.5) is 0 Å². The zero-order valence-corrected chi connectivity index (χ0v) is 20.7. The lowest BCUT2D eigenvalue weighted by molar-refractivity contribution is -0.125. The van der Waals surface area contributed by atoms with E-state index in [9.17, 15) is 9.90 Å². The molecule has 4 N–H and O–H groups in total. The maximum atomic E-state index is 12.1. The van der Waals surface area contributed by atoms with Crippen molar-refractivity contribution in [2.75, 3.05) is 6.54 Å². The zero-order chi connectivity index (χ0) is 22.0. The van der Waals surface area contributed by atoms with Crippen LogP contribution in [0.3, 0.4) is 0 Å². The van der Waals surface area contributed by atoms with Gasteiger partial charge in [0.25, 0.3) is 0 Å². The first-order valence-electron chi connectivity index (χ1n) is 11.4. The Balaban J connectivity index is 0.00000841. The topological polar surface area (TPSA) is 75.3 Å². The van der Waals surface area contributed by atoms with Crippen LogP contribution in [0.25, 0.3) is 0 Å². The highest BCUT2D eigenvalue weighted by Gasteiger charge is 2.24. The van der Waals surface area contributed by atoms with Crippen LogP contribution < -0.4 is 11.1 Å². The molecule has 0 aliphatic rings. The van der Waals surface area contributed by atoms with Gasteiger partial charge in [-0.1, -0.05) is 78.6 Å². The van der Waals surface area contributed by atoms with E-state index in [1.54, 1.807) is 0 Å². The summed E-state index contributed by atoms with van der Waals surface area (Å²) in [5, 5.41) is 13.5.